The zero-order valence-electron chi connectivity index (χ0n) is 9.35. The molecule has 3 nitrogen and oxygen atoms in total. The fourth-order valence-electron chi connectivity index (χ4n) is 1.76. The SMILES string of the molecule is COC(=O)c1ccc([C@@H](O)CC2CC2)cc1. The zero-order valence-corrected chi connectivity index (χ0v) is 9.35. The van der Waals surface area contributed by atoms with Crippen LogP contribution in [0.3, 0.4) is 0 Å². The molecule has 0 spiro atoms. The Morgan fingerprint density at radius 3 is 2.56 bits per heavy atom. The minimum Gasteiger partial charge on any atom is -0.465 e. The molecule has 0 amide bonds. The van der Waals surface area contributed by atoms with Crippen LogP contribution in [0, 0.1) is 5.92 Å². The van der Waals surface area contributed by atoms with Crippen LogP contribution < -0.4 is 0 Å². The van der Waals surface area contributed by atoms with E-state index in [0.29, 0.717) is 11.5 Å². The predicted molar refractivity (Wildman–Crippen MR) is 60.1 cm³/mol. The Bertz CT molecular complexity index is 365. The molecule has 0 bridgehead atoms. The van der Waals surface area contributed by atoms with Gasteiger partial charge in [0.1, 0.15) is 0 Å². The first-order chi connectivity index (χ1) is 7.70. The molecule has 1 atom stereocenters. The molecule has 0 aromatic heterocycles. The molecule has 16 heavy (non-hydrogen) atoms. The predicted octanol–water partition coefficient (Wildman–Crippen LogP) is 2.31. The van der Waals surface area contributed by atoms with E-state index in [1.165, 1.54) is 20.0 Å². The highest BCUT2D eigenvalue weighted by atomic mass is 16.5. The lowest BCUT2D eigenvalue weighted by molar-refractivity contribution is 0.0600. The van der Waals surface area contributed by atoms with Gasteiger partial charge in [0.25, 0.3) is 0 Å². The van der Waals surface area contributed by atoms with E-state index in [1.807, 2.05) is 0 Å². The smallest absolute Gasteiger partial charge is 0.337 e. The summed E-state index contributed by atoms with van der Waals surface area (Å²) < 4.78 is 4.61. The number of carbonyl (C=O) groups is 1. The van der Waals surface area contributed by atoms with Gasteiger partial charge >= 0.3 is 5.97 Å². The van der Waals surface area contributed by atoms with Crippen molar-refractivity contribution < 1.29 is 14.6 Å². The van der Waals surface area contributed by atoms with Crippen molar-refractivity contribution in [3.8, 4) is 0 Å². The van der Waals surface area contributed by atoms with E-state index in [-0.39, 0.29) is 5.97 Å². The van der Waals surface area contributed by atoms with Gasteiger partial charge in [-0.2, -0.15) is 0 Å². The molecular weight excluding hydrogens is 204 g/mol. The summed E-state index contributed by atoms with van der Waals surface area (Å²) in [6.45, 7) is 0. The second kappa shape index (κ2) is 4.66. The minimum atomic E-state index is -0.404. The number of hydrogen-bond acceptors (Lipinski definition) is 3. The van der Waals surface area contributed by atoms with E-state index >= 15 is 0 Å². The van der Waals surface area contributed by atoms with Gasteiger partial charge in [-0.15, -0.1) is 0 Å². The van der Waals surface area contributed by atoms with Crippen molar-refractivity contribution in [2.75, 3.05) is 7.11 Å². The molecule has 1 aromatic carbocycles. The Morgan fingerprint density at radius 2 is 2.06 bits per heavy atom. The lowest BCUT2D eigenvalue weighted by atomic mass is 10.0. The van der Waals surface area contributed by atoms with Gasteiger partial charge in [0, 0.05) is 0 Å². The molecule has 0 unspecified atom stereocenters. The second-order valence-electron chi connectivity index (χ2n) is 4.31. The average molecular weight is 220 g/mol. The maximum atomic E-state index is 11.2. The third-order valence-corrected chi connectivity index (χ3v) is 2.97. The molecule has 1 N–H and O–H groups in total. The summed E-state index contributed by atoms with van der Waals surface area (Å²) in [6, 6.07) is 6.97. The van der Waals surface area contributed by atoms with Crippen molar-refractivity contribution in [3.63, 3.8) is 0 Å². The van der Waals surface area contributed by atoms with Crippen molar-refractivity contribution in [2.24, 2.45) is 5.92 Å². The first-order valence-electron chi connectivity index (χ1n) is 5.57. The molecule has 0 saturated heterocycles. The van der Waals surface area contributed by atoms with E-state index in [9.17, 15) is 9.90 Å². The summed E-state index contributed by atoms with van der Waals surface area (Å²) in [5, 5.41) is 9.90. The van der Waals surface area contributed by atoms with Crippen LogP contribution >= 0.6 is 0 Å². The van der Waals surface area contributed by atoms with Gasteiger partial charge in [0.2, 0.25) is 0 Å². The molecule has 86 valence electrons. The normalized spacial score (nSPS) is 16.9. The van der Waals surface area contributed by atoms with Gasteiger partial charge in [-0.25, -0.2) is 4.79 Å². The number of methoxy groups -OCH3 is 1. The number of ether oxygens (including phenoxy) is 1. The standard InChI is InChI=1S/C13H16O3/c1-16-13(15)11-6-4-10(5-7-11)12(14)8-9-2-3-9/h4-7,9,12,14H,2-3,8H2,1H3/t12-/m0/s1. The molecular formula is C13H16O3. The van der Waals surface area contributed by atoms with Gasteiger partial charge in [-0.1, -0.05) is 25.0 Å². The van der Waals surface area contributed by atoms with Crippen molar-refractivity contribution >= 4 is 5.97 Å². The van der Waals surface area contributed by atoms with E-state index in [4.69, 9.17) is 0 Å². The van der Waals surface area contributed by atoms with Crippen LogP contribution in [0.1, 0.15) is 41.3 Å². The van der Waals surface area contributed by atoms with Crippen LogP contribution in [0.15, 0.2) is 24.3 Å². The molecule has 0 radical (unpaired) electrons. The topological polar surface area (TPSA) is 46.5 Å². The Hall–Kier alpha value is -1.35. The van der Waals surface area contributed by atoms with E-state index < -0.39 is 6.10 Å². The lowest BCUT2D eigenvalue weighted by Gasteiger charge is -2.10. The second-order valence-corrected chi connectivity index (χ2v) is 4.31. The fourth-order valence-corrected chi connectivity index (χ4v) is 1.76. The van der Waals surface area contributed by atoms with Crippen LogP contribution in [0.2, 0.25) is 0 Å². The highest BCUT2D eigenvalue weighted by Gasteiger charge is 2.25. The van der Waals surface area contributed by atoms with Crippen LogP contribution in [0.4, 0.5) is 0 Å². The third kappa shape index (κ3) is 2.61. The largest absolute Gasteiger partial charge is 0.465 e. The maximum Gasteiger partial charge on any atom is 0.337 e. The van der Waals surface area contributed by atoms with Crippen molar-refractivity contribution in [1.82, 2.24) is 0 Å². The van der Waals surface area contributed by atoms with Crippen LogP contribution in [-0.4, -0.2) is 18.2 Å². The Labute approximate surface area is 95.0 Å². The summed E-state index contributed by atoms with van der Waals surface area (Å²) >= 11 is 0. The molecule has 2 rings (SSSR count). The highest BCUT2D eigenvalue weighted by Crippen LogP contribution is 2.37. The molecule has 0 heterocycles. The lowest BCUT2D eigenvalue weighted by Crippen LogP contribution is -2.03. The number of rotatable bonds is 4. The Morgan fingerprint density at radius 1 is 1.44 bits per heavy atom. The number of hydrogen-bond donors (Lipinski definition) is 1. The van der Waals surface area contributed by atoms with Gasteiger partial charge < -0.3 is 9.84 Å². The maximum absolute atomic E-state index is 11.2. The van der Waals surface area contributed by atoms with Gasteiger partial charge in [-0.3, -0.25) is 0 Å². The van der Waals surface area contributed by atoms with Gasteiger partial charge in [0.05, 0.1) is 18.8 Å². The van der Waals surface area contributed by atoms with E-state index in [1.54, 1.807) is 24.3 Å². The fraction of sp³-hybridized carbons (Fsp3) is 0.462. The Balaban J connectivity index is 2.02. The van der Waals surface area contributed by atoms with Crippen LogP contribution in [0.25, 0.3) is 0 Å². The van der Waals surface area contributed by atoms with Crippen LogP contribution in [-0.2, 0) is 4.74 Å². The average Bonchev–Trinajstić information content (AvgIpc) is 3.12. The summed E-state index contributed by atoms with van der Waals surface area (Å²) in [5.41, 5.74) is 1.39. The monoisotopic (exact) mass is 220 g/mol. The Kier molecular flexibility index (Phi) is 3.25. The molecule has 1 aliphatic carbocycles. The summed E-state index contributed by atoms with van der Waals surface area (Å²) in [6.07, 6.45) is 2.89. The minimum absolute atomic E-state index is 0.344. The molecule has 1 fully saturated rings. The van der Waals surface area contributed by atoms with Crippen molar-refractivity contribution in [3.05, 3.63) is 35.4 Å². The molecule has 1 aliphatic rings. The molecule has 0 aliphatic heterocycles. The quantitative estimate of drug-likeness (QED) is 0.792. The molecule has 1 saturated carbocycles. The number of carbonyl (C=O) groups excluding carboxylic acids is 1. The first-order valence-corrected chi connectivity index (χ1v) is 5.57. The molecule has 3 heteroatoms. The zero-order chi connectivity index (χ0) is 11.5. The van der Waals surface area contributed by atoms with Crippen LogP contribution in [0.5, 0.6) is 0 Å². The number of aliphatic hydroxyl groups excluding tert-OH is 1. The first kappa shape index (κ1) is 11.1. The van der Waals surface area contributed by atoms with Crippen molar-refractivity contribution in [2.45, 2.75) is 25.4 Å². The number of aliphatic hydroxyl groups is 1. The van der Waals surface area contributed by atoms with E-state index in [2.05, 4.69) is 4.74 Å². The van der Waals surface area contributed by atoms with Crippen molar-refractivity contribution in [1.29, 1.82) is 0 Å². The number of esters is 1. The summed E-state index contributed by atoms with van der Waals surface area (Å²) in [7, 11) is 1.36. The highest BCUT2D eigenvalue weighted by molar-refractivity contribution is 5.89. The summed E-state index contributed by atoms with van der Waals surface area (Å²) in [4.78, 5) is 11.2. The third-order valence-electron chi connectivity index (χ3n) is 2.97. The number of benzene rings is 1. The summed E-state index contributed by atoms with van der Waals surface area (Å²) in [5.74, 6) is 0.346. The van der Waals surface area contributed by atoms with E-state index in [0.717, 1.165) is 12.0 Å². The van der Waals surface area contributed by atoms with Gasteiger partial charge in [-0.05, 0) is 30.0 Å². The van der Waals surface area contributed by atoms with Gasteiger partial charge in [0.15, 0.2) is 0 Å². The molecule has 1 aromatic rings.